The number of benzene rings is 3. The zero-order chi connectivity index (χ0) is 31.7. The van der Waals surface area contributed by atoms with Crippen molar-refractivity contribution < 1.29 is 28.3 Å². The Bertz CT molecular complexity index is 1650. The third kappa shape index (κ3) is 5.70. The number of fused-ring (bicyclic) bond motifs is 4. The van der Waals surface area contributed by atoms with Crippen LogP contribution in [0.15, 0.2) is 60.7 Å². The molecule has 0 radical (unpaired) electrons. The van der Waals surface area contributed by atoms with E-state index >= 15 is 0 Å². The van der Waals surface area contributed by atoms with Gasteiger partial charge >= 0.3 is 0 Å². The van der Waals surface area contributed by atoms with Crippen molar-refractivity contribution in [3.05, 3.63) is 94.3 Å². The molecule has 10 heteroatoms. The molecule has 9 nitrogen and oxygen atoms in total. The standard InChI is InChI=1S/C35H37FN4O5/c1-37-32(42)30(10-5-17-41)40-21-28-27(34(40)44)11-12-29-31(28)45-22-35(29)13-15-39(16-14-35)20-23-6-3-7-24(18-23)33(43)38(2)26-9-4-8-25(36)19-26/h3-4,6-9,11-12,17-19,30H,5,10,13-16,20-22H2,1-2H3,(H,37,42). The molecular formula is C35H37FN4O5. The Hall–Kier alpha value is -4.57. The number of aldehydes is 1. The summed E-state index contributed by atoms with van der Waals surface area (Å²) >= 11 is 0. The highest BCUT2D eigenvalue weighted by Crippen LogP contribution is 2.49. The number of ether oxygens (including phenoxy) is 1. The first-order valence-corrected chi connectivity index (χ1v) is 15.3. The quantitative estimate of drug-likeness (QED) is 0.366. The Kier molecular flexibility index (Phi) is 8.42. The van der Waals surface area contributed by atoms with Crippen LogP contribution >= 0.6 is 0 Å². The summed E-state index contributed by atoms with van der Waals surface area (Å²) in [6.07, 6.45) is 3.01. The van der Waals surface area contributed by atoms with Crippen LogP contribution in [-0.4, -0.2) is 73.6 Å². The molecule has 1 atom stereocenters. The zero-order valence-corrected chi connectivity index (χ0v) is 25.6. The summed E-state index contributed by atoms with van der Waals surface area (Å²) in [5.41, 5.74) is 4.42. The molecule has 0 saturated carbocycles. The van der Waals surface area contributed by atoms with Crippen molar-refractivity contribution in [2.45, 2.75) is 50.2 Å². The molecule has 1 unspecified atom stereocenters. The molecule has 234 valence electrons. The number of likely N-dealkylation sites (tertiary alicyclic amines) is 1. The molecular weight excluding hydrogens is 575 g/mol. The lowest BCUT2D eigenvalue weighted by atomic mass is 9.74. The highest BCUT2D eigenvalue weighted by atomic mass is 19.1. The number of carbonyl (C=O) groups excluding carboxylic acids is 4. The number of anilines is 1. The SMILES string of the molecule is CNC(=O)C(CCC=O)N1Cc2c(ccc3c2OCC32CCN(Cc3cccc(C(=O)N(C)c4cccc(F)c4)c3)CC2)C1=O. The molecule has 3 aromatic carbocycles. The van der Waals surface area contributed by atoms with Gasteiger partial charge in [-0.2, -0.15) is 0 Å². The van der Waals surface area contributed by atoms with E-state index in [2.05, 4.69) is 10.2 Å². The number of hydrogen-bond acceptors (Lipinski definition) is 6. The fraction of sp³-hybridized carbons (Fsp3) is 0.371. The zero-order valence-electron chi connectivity index (χ0n) is 25.6. The summed E-state index contributed by atoms with van der Waals surface area (Å²) in [7, 11) is 3.18. The van der Waals surface area contributed by atoms with Crippen LogP contribution in [0.25, 0.3) is 0 Å². The van der Waals surface area contributed by atoms with Gasteiger partial charge in [0, 0.05) is 60.4 Å². The van der Waals surface area contributed by atoms with Gasteiger partial charge in [0.15, 0.2) is 0 Å². The average molecular weight is 613 g/mol. The van der Waals surface area contributed by atoms with Crippen molar-refractivity contribution in [3.63, 3.8) is 0 Å². The minimum atomic E-state index is -0.718. The van der Waals surface area contributed by atoms with Crippen LogP contribution in [0, 0.1) is 5.82 Å². The lowest BCUT2D eigenvalue weighted by Crippen LogP contribution is -2.46. The summed E-state index contributed by atoms with van der Waals surface area (Å²) < 4.78 is 20.0. The van der Waals surface area contributed by atoms with Gasteiger partial charge in [0.1, 0.15) is 23.9 Å². The second kappa shape index (κ2) is 12.4. The number of nitrogens with zero attached hydrogens (tertiary/aromatic N) is 3. The van der Waals surface area contributed by atoms with Crippen molar-refractivity contribution in [2.75, 3.05) is 38.7 Å². The highest BCUT2D eigenvalue weighted by Gasteiger charge is 2.47. The molecule has 0 aliphatic carbocycles. The molecule has 3 heterocycles. The molecule has 45 heavy (non-hydrogen) atoms. The Labute approximate surface area is 261 Å². The molecule has 6 rings (SSSR count). The number of nitrogens with one attached hydrogen (secondary N) is 1. The van der Waals surface area contributed by atoms with Crippen LogP contribution in [-0.2, 0) is 28.1 Å². The van der Waals surface area contributed by atoms with Gasteiger partial charge in [-0.3, -0.25) is 19.3 Å². The maximum atomic E-state index is 13.7. The van der Waals surface area contributed by atoms with Crippen LogP contribution < -0.4 is 15.0 Å². The first-order valence-electron chi connectivity index (χ1n) is 15.3. The Morgan fingerprint density at radius 2 is 1.89 bits per heavy atom. The number of likely N-dealkylation sites (N-methyl/N-ethyl adjacent to an activating group) is 1. The summed E-state index contributed by atoms with van der Waals surface area (Å²) in [6, 6.07) is 16.7. The van der Waals surface area contributed by atoms with Crippen LogP contribution in [0.5, 0.6) is 5.75 Å². The van der Waals surface area contributed by atoms with E-state index in [1.54, 1.807) is 30.1 Å². The first kappa shape index (κ1) is 30.5. The molecule has 3 aliphatic heterocycles. The topological polar surface area (TPSA) is 99.3 Å². The van der Waals surface area contributed by atoms with Gasteiger partial charge < -0.3 is 24.6 Å². The van der Waals surface area contributed by atoms with Gasteiger partial charge in [0.2, 0.25) is 5.91 Å². The average Bonchev–Trinajstić information content (AvgIpc) is 3.59. The van der Waals surface area contributed by atoms with Gasteiger partial charge in [-0.15, -0.1) is 0 Å². The molecule has 3 amide bonds. The van der Waals surface area contributed by atoms with E-state index in [1.165, 1.54) is 24.1 Å². The number of hydrogen-bond donors (Lipinski definition) is 1. The minimum absolute atomic E-state index is 0.152. The highest BCUT2D eigenvalue weighted by molar-refractivity contribution is 6.06. The fourth-order valence-electron chi connectivity index (χ4n) is 6.93. The van der Waals surface area contributed by atoms with Gasteiger partial charge in [-0.1, -0.05) is 24.3 Å². The van der Waals surface area contributed by atoms with E-state index in [0.717, 1.165) is 54.7 Å². The summed E-state index contributed by atoms with van der Waals surface area (Å²) in [6.45, 7) is 3.21. The van der Waals surface area contributed by atoms with Crippen LogP contribution in [0.4, 0.5) is 10.1 Å². The van der Waals surface area contributed by atoms with Crippen LogP contribution in [0.1, 0.15) is 63.1 Å². The van der Waals surface area contributed by atoms with Crippen LogP contribution in [0.3, 0.4) is 0 Å². The summed E-state index contributed by atoms with van der Waals surface area (Å²) in [5.74, 6) is -0.326. The fourth-order valence-corrected chi connectivity index (χ4v) is 6.93. The Morgan fingerprint density at radius 1 is 1.11 bits per heavy atom. The number of amides is 3. The Balaban J connectivity index is 1.13. The summed E-state index contributed by atoms with van der Waals surface area (Å²) in [4.78, 5) is 55.5. The molecule has 3 aliphatic rings. The Morgan fingerprint density at radius 3 is 2.62 bits per heavy atom. The van der Waals surface area contributed by atoms with Crippen molar-refractivity contribution in [1.82, 2.24) is 15.1 Å². The predicted molar refractivity (Wildman–Crippen MR) is 167 cm³/mol. The van der Waals surface area contributed by atoms with Gasteiger partial charge in [0.05, 0.1) is 13.2 Å². The molecule has 0 aromatic heterocycles. The van der Waals surface area contributed by atoms with Crippen molar-refractivity contribution in [1.29, 1.82) is 0 Å². The van der Waals surface area contributed by atoms with Gasteiger partial charge in [-0.25, -0.2) is 4.39 Å². The molecule has 1 fully saturated rings. The first-order chi connectivity index (χ1) is 21.7. The molecule has 3 aromatic rings. The number of carbonyl (C=O) groups is 4. The van der Waals surface area contributed by atoms with E-state index in [4.69, 9.17) is 4.74 Å². The number of piperidine rings is 1. The summed E-state index contributed by atoms with van der Waals surface area (Å²) in [5, 5.41) is 2.62. The molecule has 1 spiro atoms. The maximum absolute atomic E-state index is 13.7. The lowest BCUT2D eigenvalue weighted by molar-refractivity contribution is -0.125. The van der Waals surface area contributed by atoms with E-state index in [0.29, 0.717) is 30.0 Å². The smallest absolute Gasteiger partial charge is 0.258 e. The van der Waals surface area contributed by atoms with Crippen molar-refractivity contribution in [3.8, 4) is 5.75 Å². The van der Waals surface area contributed by atoms with E-state index in [9.17, 15) is 23.6 Å². The second-order valence-electron chi connectivity index (χ2n) is 12.2. The van der Waals surface area contributed by atoms with Gasteiger partial charge in [0.25, 0.3) is 11.8 Å². The van der Waals surface area contributed by atoms with E-state index in [1.807, 2.05) is 30.3 Å². The third-order valence-electron chi connectivity index (χ3n) is 9.52. The molecule has 1 N–H and O–H groups in total. The minimum Gasteiger partial charge on any atom is -0.492 e. The molecule has 1 saturated heterocycles. The molecule has 0 bridgehead atoms. The lowest BCUT2D eigenvalue weighted by Gasteiger charge is -2.38. The van der Waals surface area contributed by atoms with E-state index in [-0.39, 0.29) is 48.3 Å². The number of halogens is 1. The number of rotatable bonds is 9. The van der Waals surface area contributed by atoms with Gasteiger partial charge in [-0.05, 0) is 74.3 Å². The maximum Gasteiger partial charge on any atom is 0.258 e. The second-order valence-corrected chi connectivity index (χ2v) is 12.2. The van der Waals surface area contributed by atoms with E-state index < -0.39 is 6.04 Å². The third-order valence-corrected chi connectivity index (χ3v) is 9.52. The van der Waals surface area contributed by atoms with Crippen molar-refractivity contribution in [2.24, 2.45) is 0 Å². The normalized spacial score (nSPS) is 17.4. The van der Waals surface area contributed by atoms with Crippen molar-refractivity contribution >= 4 is 29.7 Å². The largest absolute Gasteiger partial charge is 0.492 e. The monoisotopic (exact) mass is 612 g/mol. The predicted octanol–water partition coefficient (Wildman–Crippen LogP) is 4.08. The van der Waals surface area contributed by atoms with Crippen LogP contribution in [0.2, 0.25) is 0 Å².